The second-order valence-corrected chi connectivity index (χ2v) is 2.10. The first kappa shape index (κ1) is 8.16. The van der Waals surface area contributed by atoms with Crippen molar-refractivity contribution in [2.45, 2.75) is 0 Å². The number of rotatable bonds is 2. The molecule has 5 nitrogen and oxygen atoms in total. The van der Waals surface area contributed by atoms with E-state index in [9.17, 15) is 0 Å². The Balaban J connectivity index is 2.67. The van der Waals surface area contributed by atoms with E-state index in [0.717, 1.165) is 5.28 Å². The molecule has 0 atom stereocenters. The molecule has 0 aliphatic carbocycles. The highest BCUT2D eigenvalue weighted by Crippen LogP contribution is 2.10. The molecule has 1 heterocycles. The average Bonchev–Trinajstić information content (AvgIpc) is 2.05. The molecule has 0 radical (unpaired) electrons. The lowest BCUT2D eigenvalue weighted by Crippen LogP contribution is -2.35. The van der Waals surface area contributed by atoms with Crippen LogP contribution in [-0.2, 0) is 9.57 Å². The molecular weight excluding hydrogens is 170 g/mol. The number of hydrogen-bond acceptors (Lipinski definition) is 5. The van der Waals surface area contributed by atoms with Crippen molar-refractivity contribution in [3.63, 3.8) is 0 Å². The van der Waals surface area contributed by atoms with Crippen molar-refractivity contribution in [2.75, 3.05) is 14.2 Å². The Morgan fingerprint density at radius 1 is 1.64 bits per heavy atom. The molecule has 0 aromatic carbocycles. The van der Waals surface area contributed by atoms with Crippen molar-refractivity contribution in [2.24, 2.45) is 5.10 Å². The van der Waals surface area contributed by atoms with Gasteiger partial charge in [0.1, 0.15) is 5.03 Å². The first-order chi connectivity index (χ1) is 5.27. The van der Waals surface area contributed by atoms with Crippen molar-refractivity contribution in [3.8, 4) is 0 Å². The third-order valence-corrected chi connectivity index (χ3v) is 1.34. The second-order valence-electron chi connectivity index (χ2n) is 1.69. The SMILES string of the molecule is COC1=C(Cl)C=NN(OC)N1. The predicted molar refractivity (Wildman–Crippen MR) is 40.4 cm³/mol. The third kappa shape index (κ3) is 1.75. The zero-order valence-electron chi connectivity index (χ0n) is 6.17. The van der Waals surface area contributed by atoms with E-state index in [2.05, 4.69) is 10.5 Å². The first-order valence-electron chi connectivity index (χ1n) is 2.86. The van der Waals surface area contributed by atoms with Crippen LogP contribution in [0.4, 0.5) is 0 Å². The summed E-state index contributed by atoms with van der Waals surface area (Å²) in [7, 11) is 2.97. The maximum absolute atomic E-state index is 5.67. The largest absolute Gasteiger partial charge is 0.480 e. The van der Waals surface area contributed by atoms with E-state index in [1.54, 1.807) is 0 Å². The van der Waals surface area contributed by atoms with Gasteiger partial charge in [-0.25, -0.2) is 10.3 Å². The molecule has 0 fully saturated rings. The molecule has 0 aromatic rings. The van der Waals surface area contributed by atoms with Crippen LogP contribution in [-0.4, -0.2) is 25.7 Å². The Morgan fingerprint density at radius 2 is 2.36 bits per heavy atom. The summed E-state index contributed by atoms with van der Waals surface area (Å²) in [4.78, 5) is 4.72. The van der Waals surface area contributed by atoms with Crippen molar-refractivity contribution < 1.29 is 9.57 Å². The summed E-state index contributed by atoms with van der Waals surface area (Å²) < 4.78 is 4.86. The van der Waals surface area contributed by atoms with E-state index in [4.69, 9.17) is 21.2 Å². The number of hydrogen-bond donors (Lipinski definition) is 1. The van der Waals surface area contributed by atoms with Crippen molar-refractivity contribution in [1.82, 2.24) is 10.7 Å². The predicted octanol–water partition coefficient (Wildman–Crippen LogP) is 0.408. The van der Waals surface area contributed by atoms with E-state index < -0.39 is 0 Å². The summed E-state index contributed by atoms with van der Waals surface area (Å²) in [5.41, 5.74) is 2.64. The van der Waals surface area contributed by atoms with Crippen LogP contribution in [0.1, 0.15) is 0 Å². The zero-order chi connectivity index (χ0) is 8.27. The second kappa shape index (κ2) is 3.45. The molecule has 62 valence electrons. The summed E-state index contributed by atoms with van der Waals surface area (Å²) in [5, 5.41) is 5.27. The molecule has 0 saturated carbocycles. The summed E-state index contributed by atoms with van der Waals surface area (Å²) in [6.45, 7) is 0. The van der Waals surface area contributed by atoms with Crippen LogP contribution in [0.3, 0.4) is 0 Å². The molecule has 1 rings (SSSR count). The van der Waals surface area contributed by atoms with Crippen LogP contribution in [0.25, 0.3) is 0 Å². The van der Waals surface area contributed by atoms with Crippen molar-refractivity contribution >= 4 is 17.8 Å². The normalized spacial score (nSPS) is 16.8. The summed E-state index contributed by atoms with van der Waals surface area (Å²) in [5.74, 6) is 0.406. The van der Waals surface area contributed by atoms with E-state index in [0.29, 0.717) is 10.9 Å². The number of methoxy groups -OCH3 is 1. The molecule has 0 unspecified atom stereocenters. The number of ether oxygens (including phenoxy) is 1. The smallest absolute Gasteiger partial charge is 0.229 e. The monoisotopic (exact) mass is 177 g/mol. The molecule has 1 N–H and O–H groups in total. The molecule has 6 heteroatoms. The standard InChI is InChI=1S/C5H8ClN3O2/c1-10-5-4(6)3-7-9(8-5)11-2/h3,8H,1-2H3. The van der Waals surface area contributed by atoms with Gasteiger partial charge in [0.15, 0.2) is 0 Å². The van der Waals surface area contributed by atoms with Gasteiger partial charge in [-0.15, -0.1) is 5.10 Å². The third-order valence-electron chi connectivity index (χ3n) is 1.07. The van der Waals surface area contributed by atoms with E-state index >= 15 is 0 Å². The summed E-state index contributed by atoms with van der Waals surface area (Å²) in [6, 6.07) is 0. The molecule has 1 aliphatic heterocycles. The Hall–Kier alpha value is -0.940. The maximum atomic E-state index is 5.67. The number of allylic oxidation sites excluding steroid dienone is 1. The van der Waals surface area contributed by atoms with Gasteiger partial charge in [-0.1, -0.05) is 16.9 Å². The van der Waals surface area contributed by atoms with Crippen LogP contribution >= 0.6 is 11.6 Å². The van der Waals surface area contributed by atoms with Gasteiger partial charge in [0.2, 0.25) is 5.88 Å². The van der Waals surface area contributed by atoms with Crippen molar-refractivity contribution in [1.29, 1.82) is 0 Å². The number of halogens is 1. The average molecular weight is 178 g/mol. The van der Waals surface area contributed by atoms with E-state index in [-0.39, 0.29) is 0 Å². The molecule has 0 bridgehead atoms. The Bertz CT molecular complexity index is 204. The van der Waals surface area contributed by atoms with Gasteiger partial charge in [0.25, 0.3) is 0 Å². The molecule has 0 spiro atoms. The summed E-state index contributed by atoms with van der Waals surface area (Å²) in [6.07, 6.45) is 1.42. The lowest BCUT2D eigenvalue weighted by Gasteiger charge is -2.21. The minimum atomic E-state index is 0.404. The topological polar surface area (TPSA) is 46.1 Å². The highest BCUT2D eigenvalue weighted by Gasteiger charge is 2.11. The maximum Gasteiger partial charge on any atom is 0.229 e. The van der Waals surface area contributed by atoms with Crippen LogP contribution < -0.4 is 5.43 Å². The zero-order valence-corrected chi connectivity index (χ0v) is 6.92. The number of nitrogens with zero attached hydrogens (tertiary/aromatic N) is 2. The molecule has 11 heavy (non-hydrogen) atoms. The Kier molecular flexibility index (Phi) is 2.56. The van der Waals surface area contributed by atoms with Gasteiger partial charge in [0.05, 0.1) is 20.4 Å². The Morgan fingerprint density at radius 3 is 2.91 bits per heavy atom. The highest BCUT2D eigenvalue weighted by atomic mass is 35.5. The van der Waals surface area contributed by atoms with Gasteiger partial charge < -0.3 is 4.74 Å². The molecule has 0 aromatic heterocycles. The van der Waals surface area contributed by atoms with Gasteiger partial charge in [-0.05, 0) is 0 Å². The van der Waals surface area contributed by atoms with Gasteiger partial charge in [0, 0.05) is 0 Å². The van der Waals surface area contributed by atoms with Gasteiger partial charge >= 0.3 is 0 Å². The highest BCUT2D eigenvalue weighted by molar-refractivity contribution is 6.39. The number of nitrogens with one attached hydrogen (secondary N) is 1. The lowest BCUT2D eigenvalue weighted by molar-refractivity contribution is -0.172. The summed E-state index contributed by atoms with van der Waals surface area (Å²) >= 11 is 5.67. The van der Waals surface area contributed by atoms with Crippen LogP contribution in [0, 0.1) is 0 Å². The fourth-order valence-electron chi connectivity index (χ4n) is 0.567. The first-order valence-corrected chi connectivity index (χ1v) is 3.24. The van der Waals surface area contributed by atoms with Crippen LogP contribution in [0.15, 0.2) is 16.0 Å². The Labute approximate surface area is 69.1 Å². The molecule has 0 amide bonds. The number of hydrazone groups is 1. The fraction of sp³-hybridized carbons (Fsp3) is 0.400. The van der Waals surface area contributed by atoms with Crippen LogP contribution in [0.2, 0.25) is 0 Å². The lowest BCUT2D eigenvalue weighted by atomic mass is 10.6. The number of hydrazine groups is 1. The quantitative estimate of drug-likeness (QED) is 0.664. The minimum absolute atomic E-state index is 0.404. The molecule has 1 aliphatic rings. The van der Waals surface area contributed by atoms with Gasteiger partial charge in [-0.2, -0.15) is 0 Å². The van der Waals surface area contributed by atoms with Crippen LogP contribution in [0.5, 0.6) is 0 Å². The van der Waals surface area contributed by atoms with Gasteiger partial charge in [-0.3, -0.25) is 0 Å². The molecular formula is C5H8ClN3O2. The van der Waals surface area contributed by atoms with Crippen molar-refractivity contribution in [3.05, 3.63) is 10.9 Å². The fourth-order valence-corrected chi connectivity index (χ4v) is 0.730. The minimum Gasteiger partial charge on any atom is -0.480 e. The van der Waals surface area contributed by atoms with E-state index in [1.165, 1.54) is 20.4 Å². The van der Waals surface area contributed by atoms with E-state index in [1.807, 2.05) is 0 Å². The molecule has 0 saturated heterocycles.